The minimum Gasteiger partial charge on any atom is -0.398 e. The molecule has 0 saturated carbocycles. The van der Waals surface area contributed by atoms with Crippen molar-refractivity contribution in [3.05, 3.63) is 59.2 Å². The van der Waals surface area contributed by atoms with Crippen LogP contribution in [0.25, 0.3) is 0 Å². The van der Waals surface area contributed by atoms with Crippen molar-refractivity contribution in [1.82, 2.24) is 0 Å². The number of hydrogen-bond acceptors (Lipinski definition) is 6. The van der Waals surface area contributed by atoms with E-state index in [1.165, 1.54) is 0 Å². The van der Waals surface area contributed by atoms with Gasteiger partial charge in [0, 0.05) is 32.7 Å². The molecule has 1 aliphatic carbocycles. The second-order valence-electron chi connectivity index (χ2n) is 5.31. The Labute approximate surface area is 158 Å². The molecule has 0 aliphatic heterocycles. The van der Waals surface area contributed by atoms with Crippen LogP contribution in [0.15, 0.2) is 64.1 Å². The van der Waals surface area contributed by atoms with Crippen LogP contribution in [0.3, 0.4) is 0 Å². The molecule has 6 heteroatoms. The average Bonchev–Trinajstić information content (AvgIpc) is 2.82. The Kier molecular flexibility index (Phi) is 9.66. The quantitative estimate of drug-likeness (QED) is 0.347. The number of nitrogen functional groups attached to an aromatic ring is 1. The minimum absolute atomic E-state index is 0.615. The van der Waals surface area contributed by atoms with E-state index >= 15 is 0 Å². The highest BCUT2D eigenvalue weighted by molar-refractivity contribution is 8.03. The molecule has 0 aromatic heterocycles. The zero-order valence-corrected chi connectivity index (χ0v) is 16.0. The third-order valence-electron chi connectivity index (χ3n) is 3.40. The van der Waals surface area contributed by atoms with Crippen LogP contribution in [-0.4, -0.2) is 37.9 Å². The first-order chi connectivity index (χ1) is 12.3. The van der Waals surface area contributed by atoms with Crippen LogP contribution < -0.4 is 11.5 Å². The number of nitrogens with two attached hydrogens (primary N) is 2. The second kappa shape index (κ2) is 12.1. The van der Waals surface area contributed by atoms with Crippen molar-refractivity contribution in [2.24, 2.45) is 5.73 Å². The van der Waals surface area contributed by atoms with Gasteiger partial charge in [-0.1, -0.05) is 30.4 Å². The summed E-state index contributed by atoms with van der Waals surface area (Å²) in [7, 11) is 0. The molecule has 1 aromatic carbocycles. The van der Waals surface area contributed by atoms with Crippen molar-refractivity contribution < 1.29 is 9.47 Å². The Bertz CT molecular complexity index is 615. The molecule has 0 unspecified atom stereocenters. The molecule has 136 valence electrons. The molecule has 4 nitrogen and oxygen atoms in total. The Balaban J connectivity index is 1.44. The number of allylic oxidation sites excluding steroid dienone is 4. The van der Waals surface area contributed by atoms with Gasteiger partial charge in [0.15, 0.2) is 0 Å². The molecular formula is C19H26N2O2S2. The zero-order valence-electron chi connectivity index (χ0n) is 14.4. The highest BCUT2D eigenvalue weighted by atomic mass is 32.2. The smallest absolute Gasteiger partial charge is 0.0700 e. The van der Waals surface area contributed by atoms with Gasteiger partial charge < -0.3 is 20.9 Å². The van der Waals surface area contributed by atoms with Crippen LogP contribution in [0.1, 0.15) is 6.42 Å². The van der Waals surface area contributed by atoms with Gasteiger partial charge in [0.2, 0.25) is 0 Å². The molecule has 0 fully saturated rings. The summed E-state index contributed by atoms with van der Waals surface area (Å²) in [6, 6.07) is 7.89. The van der Waals surface area contributed by atoms with Crippen LogP contribution >= 0.6 is 23.5 Å². The van der Waals surface area contributed by atoms with Gasteiger partial charge in [0.25, 0.3) is 0 Å². The van der Waals surface area contributed by atoms with E-state index in [2.05, 4.69) is 12.2 Å². The Hall–Kier alpha value is -1.34. The molecule has 0 spiro atoms. The van der Waals surface area contributed by atoms with Gasteiger partial charge in [-0.15, -0.1) is 23.5 Å². The summed E-state index contributed by atoms with van der Waals surface area (Å²) in [6.07, 6.45) is 9.12. The molecule has 4 N–H and O–H groups in total. The molecule has 2 rings (SSSR count). The fraction of sp³-hybridized carbons (Fsp3) is 0.368. The molecule has 0 saturated heterocycles. The van der Waals surface area contributed by atoms with Gasteiger partial charge in [0.1, 0.15) is 0 Å². The third kappa shape index (κ3) is 8.05. The summed E-state index contributed by atoms with van der Waals surface area (Å²) in [5, 5.41) is 0. The molecule has 0 atom stereocenters. The van der Waals surface area contributed by atoms with E-state index in [0.717, 1.165) is 39.1 Å². The lowest BCUT2D eigenvalue weighted by atomic mass is 10.3. The third-order valence-corrected chi connectivity index (χ3v) is 5.53. The molecule has 1 aliphatic rings. The summed E-state index contributed by atoms with van der Waals surface area (Å²) in [4.78, 5) is 2.25. The van der Waals surface area contributed by atoms with Crippen molar-refractivity contribution in [3.63, 3.8) is 0 Å². The topological polar surface area (TPSA) is 70.5 Å². The van der Waals surface area contributed by atoms with E-state index in [9.17, 15) is 0 Å². The summed E-state index contributed by atoms with van der Waals surface area (Å²) in [6.45, 7) is 2.62. The van der Waals surface area contributed by atoms with Gasteiger partial charge in [-0.2, -0.15) is 0 Å². The summed E-state index contributed by atoms with van der Waals surface area (Å²) in [5.41, 5.74) is 13.5. The summed E-state index contributed by atoms with van der Waals surface area (Å²) >= 11 is 3.45. The Morgan fingerprint density at radius 2 is 1.64 bits per heavy atom. The number of anilines is 1. The van der Waals surface area contributed by atoms with Gasteiger partial charge >= 0.3 is 0 Å². The van der Waals surface area contributed by atoms with Crippen molar-refractivity contribution in [3.8, 4) is 0 Å². The largest absolute Gasteiger partial charge is 0.398 e. The summed E-state index contributed by atoms with van der Waals surface area (Å²) in [5.74, 6) is 1.78. The average molecular weight is 379 g/mol. The minimum atomic E-state index is 0.615. The first-order valence-corrected chi connectivity index (χ1v) is 10.3. The monoisotopic (exact) mass is 378 g/mol. The van der Waals surface area contributed by atoms with E-state index in [-0.39, 0.29) is 0 Å². The first-order valence-electron chi connectivity index (χ1n) is 8.36. The van der Waals surface area contributed by atoms with E-state index < -0.39 is 0 Å². The molecule has 0 radical (unpaired) electrons. The number of rotatable bonds is 11. The van der Waals surface area contributed by atoms with Crippen LogP contribution in [-0.2, 0) is 9.47 Å². The molecule has 25 heavy (non-hydrogen) atoms. The Morgan fingerprint density at radius 3 is 2.40 bits per heavy atom. The van der Waals surface area contributed by atoms with Crippen molar-refractivity contribution in [1.29, 1.82) is 0 Å². The van der Waals surface area contributed by atoms with Gasteiger partial charge in [0.05, 0.1) is 26.4 Å². The maximum Gasteiger partial charge on any atom is 0.0700 e. The zero-order chi connectivity index (χ0) is 17.7. The highest BCUT2D eigenvalue weighted by Crippen LogP contribution is 2.24. The molecule has 1 aromatic rings. The Morgan fingerprint density at radius 1 is 0.920 bits per heavy atom. The van der Waals surface area contributed by atoms with Crippen LogP contribution in [0.4, 0.5) is 5.69 Å². The highest BCUT2D eigenvalue weighted by Gasteiger charge is 2.03. The first kappa shape index (κ1) is 20.0. The number of hydrogen-bond donors (Lipinski definition) is 2. The lowest BCUT2D eigenvalue weighted by molar-refractivity contribution is 0.0605. The predicted octanol–water partition coefficient (Wildman–Crippen LogP) is 3.81. The van der Waals surface area contributed by atoms with E-state index in [4.69, 9.17) is 20.9 Å². The number of thioether (sulfide) groups is 2. The van der Waals surface area contributed by atoms with Gasteiger partial charge in [-0.3, -0.25) is 0 Å². The molecule has 0 amide bonds. The van der Waals surface area contributed by atoms with Crippen LogP contribution in [0.5, 0.6) is 0 Å². The maximum atomic E-state index is 5.99. The summed E-state index contributed by atoms with van der Waals surface area (Å²) < 4.78 is 11.2. The van der Waals surface area contributed by atoms with Crippen LogP contribution in [0.2, 0.25) is 0 Å². The maximum absolute atomic E-state index is 5.99. The lowest BCUT2D eigenvalue weighted by Crippen LogP contribution is -2.08. The number of benzene rings is 1. The fourth-order valence-electron chi connectivity index (χ4n) is 2.12. The van der Waals surface area contributed by atoms with Crippen molar-refractivity contribution in [2.45, 2.75) is 11.3 Å². The predicted molar refractivity (Wildman–Crippen MR) is 110 cm³/mol. The van der Waals surface area contributed by atoms with E-state index in [1.54, 1.807) is 23.5 Å². The van der Waals surface area contributed by atoms with Gasteiger partial charge in [-0.25, -0.2) is 0 Å². The van der Waals surface area contributed by atoms with E-state index in [0.29, 0.717) is 26.4 Å². The lowest BCUT2D eigenvalue weighted by Gasteiger charge is -2.08. The second-order valence-corrected chi connectivity index (χ2v) is 7.59. The molecular weight excluding hydrogens is 352 g/mol. The SMILES string of the molecule is NC1=CC=CCC=C1SCCOCCOCCSc1ccccc1N. The fourth-order valence-corrected chi connectivity index (χ4v) is 3.82. The van der Waals surface area contributed by atoms with Crippen molar-refractivity contribution >= 4 is 29.2 Å². The molecule has 0 bridgehead atoms. The van der Waals surface area contributed by atoms with Crippen molar-refractivity contribution in [2.75, 3.05) is 43.7 Å². The number of para-hydroxylation sites is 1. The number of ether oxygens (including phenoxy) is 2. The van der Waals surface area contributed by atoms with Gasteiger partial charge in [-0.05, 0) is 24.6 Å². The normalized spacial score (nSPS) is 14.1. The van der Waals surface area contributed by atoms with Crippen LogP contribution in [0, 0.1) is 0 Å². The molecule has 0 heterocycles. The standard InChI is InChI=1S/C19H26N2O2S2/c20-16-6-2-1-3-8-18(16)24-14-12-22-10-11-23-13-15-25-19-9-5-4-7-17(19)21/h1-2,4-9H,3,10-15,20-21H2. The van der Waals surface area contributed by atoms with E-state index in [1.807, 2.05) is 36.4 Å².